The van der Waals surface area contributed by atoms with E-state index in [9.17, 15) is 19.7 Å². The van der Waals surface area contributed by atoms with Gasteiger partial charge in [0.2, 0.25) is 5.91 Å². The number of hydrogen-bond acceptors (Lipinski definition) is 6. The normalized spacial score (nSPS) is 10.2. The first kappa shape index (κ1) is 21.7. The topological polar surface area (TPSA) is 120 Å². The molecule has 0 spiro atoms. The summed E-state index contributed by atoms with van der Waals surface area (Å²) < 4.78 is 10.5. The van der Waals surface area contributed by atoms with Crippen LogP contribution in [0, 0.1) is 10.1 Å². The number of benzene rings is 2. The van der Waals surface area contributed by atoms with Gasteiger partial charge in [0.15, 0.2) is 11.5 Å². The zero-order valence-corrected chi connectivity index (χ0v) is 16.5. The summed E-state index contributed by atoms with van der Waals surface area (Å²) in [4.78, 5) is 35.4. The number of nitrogens with one attached hydrogen (secondary N) is 2. The van der Waals surface area contributed by atoms with Crippen LogP contribution in [0.3, 0.4) is 0 Å². The molecule has 2 N–H and O–H groups in total. The summed E-state index contributed by atoms with van der Waals surface area (Å²) >= 11 is 0. The van der Waals surface area contributed by atoms with Crippen LogP contribution in [0.15, 0.2) is 36.4 Å². The van der Waals surface area contributed by atoms with Crippen molar-refractivity contribution in [1.82, 2.24) is 5.32 Å². The van der Waals surface area contributed by atoms with Crippen molar-refractivity contribution in [3.63, 3.8) is 0 Å². The Kier molecular flexibility index (Phi) is 7.53. The zero-order valence-electron chi connectivity index (χ0n) is 16.5. The van der Waals surface area contributed by atoms with Crippen LogP contribution >= 0.6 is 0 Å². The van der Waals surface area contributed by atoms with Gasteiger partial charge >= 0.3 is 0 Å². The average Bonchev–Trinajstić information content (AvgIpc) is 2.72. The van der Waals surface area contributed by atoms with Gasteiger partial charge in [-0.05, 0) is 25.0 Å². The average molecular weight is 401 g/mol. The van der Waals surface area contributed by atoms with Crippen LogP contribution < -0.4 is 20.1 Å². The van der Waals surface area contributed by atoms with Gasteiger partial charge in [-0.2, -0.15) is 0 Å². The molecule has 0 aliphatic rings. The number of nitrogens with zero attached hydrogens (tertiary/aromatic N) is 1. The summed E-state index contributed by atoms with van der Waals surface area (Å²) in [5.74, 6) is -0.865. The summed E-state index contributed by atoms with van der Waals surface area (Å²) in [5.41, 5.74) is 0.947. The fourth-order valence-corrected chi connectivity index (χ4v) is 2.71. The van der Waals surface area contributed by atoms with E-state index >= 15 is 0 Å². The number of carbonyl (C=O) groups is 2. The molecule has 2 amide bonds. The van der Waals surface area contributed by atoms with Crippen molar-refractivity contribution >= 4 is 23.2 Å². The number of methoxy groups -OCH3 is 1. The third-order valence-corrected chi connectivity index (χ3v) is 4.10. The number of ether oxygens (including phenoxy) is 2. The quantitative estimate of drug-likeness (QED) is 0.492. The third kappa shape index (κ3) is 5.44. The fraction of sp³-hybridized carbons (Fsp3) is 0.300. The molecular formula is C20H23N3O6. The first-order chi connectivity index (χ1) is 13.9. The molecule has 0 aliphatic carbocycles. The van der Waals surface area contributed by atoms with Gasteiger partial charge in [-0.15, -0.1) is 0 Å². The number of amides is 2. The largest absolute Gasteiger partial charge is 0.493 e. The minimum Gasteiger partial charge on any atom is -0.493 e. The van der Waals surface area contributed by atoms with Crippen LogP contribution in [0.5, 0.6) is 11.5 Å². The number of nitro groups is 1. The smallest absolute Gasteiger partial charge is 0.286 e. The number of para-hydroxylation sites is 1. The lowest BCUT2D eigenvalue weighted by Gasteiger charge is -2.13. The van der Waals surface area contributed by atoms with Crippen LogP contribution in [0.4, 0.5) is 11.4 Å². The van der Waals surface area contributed by atoms with Gasteiger partial charge in [-0.1, -0.05) is 25.1 Å². The fourth-order valence-electron chi connectivity index (χ4n) is 2.71. The molecule has 2 aromatic carbocycles. The molecular weight excluding hydrogens is 378 g/mol. The Bertz CT molecular complexity index is 913. The van der Waals surface area contributed by atoms with E-state index in [-0.39, 0.29) is 30.2 Å². The van der Waals surface area contributed by atoms with E-state index in [1.807, 2.05) is 19.1 Å². The number of aryl methyl sites for hydroxylation is 1. The summed E-state index contributed by atoms with van der Waals surface area (Å²) in [6.45, 7) is 3.64. The molecule has 0 aliphatic heterocycles. The number of carbonyl (C=O) groups excluding carboxylic acids is 2. The maximum absolute atomic E-state index is 12.5. The van der Waals surface area contributed by atoms with Crippen molar-refractivity contribution in [2.24, 2.45) is 0 Å². The lowest BCUT2D eigenvalue weighted by molar-refractivity contribution is -0.385. The second kappa shape index (κ2) is 10.1. The Morgan fingerprint density at radius 2 is 1.86 bits per heavy atom. The van der Waals surface area contributed by atoms with Crippen LogP contribution in [0.25, 0.3) is 0 Å². The predicted octanol–water partition coefficient (Wildman–Crippen LogP) is 2.93. The molecule has 0 radical (unpaired) electrons. The van der Waals surface area contributed by atoms with Gasteiger partial charge in [-0.25, -0.2) is 0 Å². The molecule has 29 heavy (non-hydrogen) atoms. The van der Waals surface area contributed by atoms with Crippen molar-refractivity contribution in [1.29, 1.82) is 0 Å². The van der Waals surface area contributed by atoms with E-state index in [2.05, 4.69) is 10.6 Å². The molecule has 2 aromatic rings. The van der Waals surface area contributed by atoms with Gasteiger partial charge < -0.3 is 20.1 Å². The summed E-state index contributed by atoms with van der Waals surface area (Å²) in [6, 6.07) is 9.68. The van der Waals surface area contributed by atoms with Crippen molar-refractivity contribution in [2.75, 3.05) is 25.6 Å². The molecule has 0 heterocycles. The van der Waals surface area contributed by atoms with Crippen LogP contribution in [-0.4, -0.2) is 37.0 Å². The van der Waals surface area contributed by atoms with E-state index in [1.165, 1.54) is 13.2 Å². The molecule has 2 rings (SSSR count). The highest BCUT2D eigenvalue weighted by Gasteiger charge is 2.25. The number of hydrogen-bond donors (Lipinski definition) is 2. The molecule has 0 fully saturated rings. The summed E-state index contributed by atoms with van der Waals surface area (Å²) in [5, 5.41) is 16.5. The summed E-state index contributed by atoms with van der Waals surface area (Å²) in [6.07, 6.45) is 0.737. The Hall–Kier alpha value is -3.62. The van der Waals surface area contributed by atoms with E-state index in [0.717, 1.165) is 18.1 Å². The van der Waals surface area contributed by atoms with Crippen molar-refractivity contribution in [3.8, 4) is 11.5 Å². The standard InChI is InChI=1S/C20H23N3O6/c1-4-13-8-6-7-9-15(13)22-19(24)12-21-20(25)14-10-18(29-5-2)17(28-3)11-16(14)23(26)27/h6-11H,4-5,12H2,1-3H3,(H,21,25)(H,22,24). The highest BCUT2D eigenvalue weighted by Crippen LogP contribution is 2.34. The molecule has 0 unspecified atom stereocenters. The molecule has 0 saturated carbocycles. The minimum atomic E-state index is -0.765. The van der Waals surface area contributed by atoms with Gasteiger partial charge in [0.25, 0.3) is 11.6 Å². The van der Waals surface area contributed by atoms with Crippen LogP contribution in [-0.2, 0) is 11.2 Å². The predicted molar refractivity (Wildman–Crippen MR) is 108 cm³/mol. The Labute approximate surface area is 168 Å². The minimum absolute atomic E-state index is 0.143. The molecule has 0 bridgehead atoms. The monoisotopic (exact) mass is 401 g/mol. The van der Waals surface area contributed by atoms with Gasteiger partial charge in [0.1, 0.15) is 5.56 Å². The van der Waals surface area contributed by atoms with Crippen molar-refractivity contribution in [2.45, 2.75) is 20.3 Å². The SMILES string of the molecule is CCOc1cc(C(=O)NCC(=O)Nc2ccccc2CC)c([N+](=O)[O-])cc1OC. The van der Waals surface area contributed by atoms with E-state index in [0.29, 0.717) is 5.69 Å². The van der Waals surface area contributed by atoms with E-state index < -0.39 is 22.4 Å². The number of anilines is 1. The molecule has 0 saturated heterocycles. The second-order valence-electron chi connectivity index (χ2n) is 5.95. The van der Waals surface area contributed by atoms with Crippen LogP contribution in [0.1, 0.15) is 29.8 Å². The molecule has 0 aromatic heterocycles. The number of nitro benzene ring substituents is 1. The van der Waals surface area contributed by atoms with Gasteiger partial charge in [-0.3, -0.25) is 19.7 Å². The Morgan fingerprint density at radius 1 is 1.14 bits per heavy atom. The summed E-state index contributed by atoms with van der Waals surface area (Å²) in [7, 11) is 1.35. The molecule has 9 heteroatoms. The van der Waals surface area contributed by atoms with Gasteiger partial charge in [0.05, 0.1) is 31.3 Å². The lowest BCUT2D eigenvalue weighted by atomic mass is 10.1. The number of rotatable bonds is 9. The highest BCUT2D eigenvalue weighted by molar-refractivity contribution is 6.02. The van der Waals surface area contributed by atoms with E-state index in [4.69, 9.17) is 9.47 Å². The van der Waals surface area contributed by atoms with Crippen molar-refractivity contribution < 1.29 is 24.0 Å². The van der Waals surface area contributed by atoms with Gasteiger partial charge in [0, 0.05) is 11.8 Å². The third-order valence-electron chi connectivity index (χ3n) is 4.10. The highest BCUT2D eigenvalue weighted by atomic mass is 16.6. The maximum atomic E-state index is 12.5. The first-order valence-corrected chi connectivity index (χ1v) is 9.06. The molecule has 9 nitrogen and oxygen atoms in total. The Balaban J connectivity index is 2.16. The molecule has 0 atom stereocenters. The maximum Gasteiger partial charge on any atom is 0.286 e. The molecule has 154 valence electrons. The first-order valence-electron chi connectivity index (χ1n) is 9.06. The van der Waals surface area contributed by atoms with E-state index in [1.54, 1.807) is 19.1 Å². The van der Waals surface area contributed by atoms with Crippen LogP contribution in [0.2, 0.25) is 0 Å². The second-order valence-corrected chi connectivity index (χ2v) is 5.95. The zero-order chi connectivity index (χ0) is 21.4. The lowest BCUT2D eigenvalue weighted by Crippen LogP contribution is -2.33. The van der Waals surface area contributed by atoms with Crippen molar-refractivity contribution in [3.05, 3.63) is 57.6 Å². The Morgan fingerprint density at radius 3 is 2.48 bits per heavy atom.